The molecular weight excluding hydrogens is 434 g/mol. The van der Waals surface area contributed by atoms with Crippen LogP contribution in [0, 0.1) is 11.8 Å². The number of hydrogen-bond donors (Lipinski definition) is 3. The van der Waals surface area contributed by atoms with Crippen molar-refractivity contribution >= 4 is 18.0 Å². The molecule has 170 valence electrons. The van der Waals surface area contributed by atoms with E-state index in [1.807, 2.05) is 36.4 Å². The predicted octanol–water partition coefficient (Wildman–Crippen LogP) is 4.36. The van der Waals surface area contributed by atoms with E-state index in [2.05, 4.69) is 29.3 Å². The molecule has 0 unspecified atom stereocenters. The zero-order valence-electron chi connectivity index (χ0n) is 18.1. The van der Waals surface area contributed by atoms with Gasteiger partial charge in [-0.1, -0.05) is 60.4 Å². The molecular formula is C27H21NO6. The highest BCUT2D eigenvalue weighted by Gasteiger charge is 2.28. The maximum atomic E-state index is 12.2. The van der Waals surface area contributed by atoms with Crippen molar-refractivity contribution in [3.63, 3.8) is 0 Å². The highest BCUT2D eigenvalue weighted by Crippen LogP contribution is 2.44. The lowest BCUT2D eigenvalue weighted by Gasteiger charge is -2.14. The van der Waals surface area contributed by atoms with Gasteiger partial charge in [-0.05, 0) is 40.5 Å². The molecule has 0 saturated heterocycles. The SMILES string of the molecule is O=C(NCCC#Cc1ccc(C(=O)O)cc1C(=O)O)OCC1c2ccccc2-c2ccccc21. The molecule has 1 amide bonds. The standard InChI is InChI=1S/C27H21NO6/c29-25(30)18-13-12-17(23(15-18)26(31)32)7-5-6-14-28-27(33)34-16-24-21-10-3-1-8-19(21)20-9-2-4-11-22(20)24/h1-4,8-13,15,24H,6,14,16H2,(H,28,33)(H,29,30)(H,31,32). The lowest BCUT2D eigenvalue weighted by Crippen LogP contribution is -2.26. The number of rotatable bonds is 6. The van der Waals surface area contributed by atoms with Gasteiger partial charge in [-0.15, -0.1) is 0 Å². The summed E-state index contributed by atoms with van der Waals surface area (Å²) in [5.74, 6) is 3.01. The smallest absolute Gasteiger partial charge is 0.407 e. The highest BCUT2D eigenvalue weighted by molar-refractivity contribution is 5.95. The zero-order valence-corrected chi connectivity index (χ0v) is 18.1. The van der Waals surface area contributed by atoms with E-state index in [1.165, 1.54) is 12.1 Å². The van der Waals surface area contributed by atoms with E-state index >= 15 is 0 Å². The van der Waals surface area contributed by atoms with Crippen LogP contribution in [0.1, 0.15) is 49.7 Å². The Balaban J connectivity index is 1.31. The van der Waals surface area contributed by atoms with Crippen molar-refractivity contribution < 1.29 is 29.3 Å². The number of carbonyl (C=O) groups is 3. The maximum Gasteiger partial charge on any atom is 0.407 e. The molecule has 0 saturated carbocycles. The summed E-state index contributed by atoms with van der Waals surface area (Å²) in [5.41, 5.74) is 4.46. The Labute approximate surface area is 196 Å². The van der Waals surface area contributed by atoms with E-state index in [0.29, 0.717) is 0 Å². The number of carboxylic acid groups (broad SMARTS) is 2. The average molecular weight is 455 g/mol. The molecule has 0 aliphatic heterocycles. The summed E-state index contributed by atoms with van der Waals surface area (Å²) in [6.45, 7) is 0.433. The molecule has 0 radical (unpaired) electrons. The van der Waals surface area contributed by atoms with Crippen molar-refractivity contribution in [2.45, 2.75) is 12.3 Å². The van der Waals surface area contributed by atoms with Gasteiger partial charge in [0, 0.05) is 24.4 Å². The van der Waals surface area contributed by atoms with Crippen molar-refractivity contribution in [2.75, 3.05) is 13.2 Å². The van der Waals surface area contributed by atoms with Gasteiger partial charge in [0.1, 0.15) is 6.61 Å². The van der Waals surface area contributed by atoms with E-state index in [4.69, 9.17) is 9.84 Å². The van der Waals surface area contributed by atoms with Crippen LogP contribution in [0.4, 0.5) is 4.79 Å². The van der Waals surface area contributed by atoms with Gasteiger partial charge in [-0.3, -0.25) is 0 Å². The summed E-state index contributed by atoms with van der Waals surface area (Å²) in [6.07, 6.45) is -0.287. The van der Waals surface area contributed by atoms with Crippen LogP contribution < -0.4 is 5.32 Å². The molecule has 3 aromatic carbocycles. The number of hydrogen-bond acceptors (Lipinski definition) is 4. The fraction of sp³-hybridized carbons (Fsp3) is 0.148. The third-order valence-corrected chi connectivity index (χ3v) is 5.58. The number of carboxylic acids is 2. The van der Waals surface area contributed by atoms with Gasteiger partial charge in [0.15, 0.2) is 0 Å². The molecule has 7 nitrogen and oxygen atoms in total. The summed E-state index contributed by atoms with van der Waals surface area (Å²) < 4.78 is 5.46. The van der Waals surface area contributed by atoms with Crippen molar-refractivity contribution in [3.05, 3.63) is 94.5 Å². The molecule has 3 aromatic rings. The van der Waals surface area contributed by atoms with Crippen LogP contribution >= 0.6 is 0 Å². The Morgan fingerprint density at radius 3 is 2.15 bits per heavy atom. The van der Waals surface area contributed by atoms with Crippen LogP contribution in [0.3, 0.4) is 0 Å². The van der Waals surface area contributed by atoms with Gasteiger partial charge in [0.25, 0.3) is 0 Å². The first-order valence-corrected chi connectivity index (χ1v) is 10.6. The number of fused-ring (bicyclic) bond motifs is 3. The predicted molar refractivity (Wildman–Crippen MR) is 125 cm³/mol. The third-order valence-electron chi connectivity index (χ3n) is 5.58. The topological polar surface area (TPSA) is 113 Å². The second kappa shape index (κ2) is 9.92. The minimum atomic E-state index is -1.26. The Morgan fingerprint density at radius 2 is 1.53 bits per heavy atom. The number of carbonyl (C=O) groups excluding carboxylic acids is 1. The van der Waals surface area contributed by atoms with Gasteiger partial charge >= 0.3 is 18.0 Å². The van der Waals surface area contributed by atoms with E-state index < -0.39 is 18.0 Å². The van der Waals surface area contributed by atoms with Crippen LogP contribution in [-0.4, -0.2) is 41.4 Å². The summed E-state index contributed by atoms with van der Waals surface area (Å²) >= 11 is 0. The molecule has 1 aliphatic rings. The first kappa shape index (κ1) is 22.6. The maximum absolute atomic E-state index is 12.2. The Kier molecular flexibility index (Phi) is 6.60. The normalized spacial score (nSPS) is 11.5. The lowest BCUT2D eigenvalue weighted by molar-refractivity contribution is 0.0695. The van der Waals surface area contributed by atoms with E-state index in [1.54, 1.807) is 0 Å². The van der Waals surface area contributed by atoms with Crippen LogP contribution in [0.2, 0.25) is 0 Å². The molecule has 4 rings (SSSR count). The fourth-order valence-electron chi connectivity index (χ4n) is 4.00. The highest BCUT2D eigenvalue weighted by atomic mass is 16.5. The third kappa shape index (κ3) is 4.76. The molecule has 0 fully saturated rings. The molecule has 7 heteroatoms. The largest absolute Gasteiger partial charge is 0.478 e. The number of benzene rings is 3. The molecule has 34 heavy (non-hydrogen) atoms. The van der Waals surface area contributed by atoms with Gasteiger partial charge < -0.3 is 20.3 Å². The molecule has 1 aliphatic carbocycles. The van der Waals surface area contributed by atoms with Crippen LogP contribution in [0.5, 0.6) is 0 Å². The fourth-order valence-corrected chi connectivity index (χ4v) is 4.00. The first-order chi connectivity index (χ1) is 16.5. The summed E-state index contributed by atoms with van der Waals surface area (Å²) in [6, 6.07) is 19.9. The number of nitrogens with one attached hydrogen (secondary N) is 1. The van der Waals surface area contributed by atoms with E-state index in [0.717, 1.165) is 28.3 Å². The molecule has 0 heterocycles. The average Bonchev–Trinajstić information content (AvgIpc) is 3.16. The quantitative estimate of drug-likeness (QED) is 0.376. The number of ether oxygens (including phenoxy) is 1. The summed E-state index contributed by atoms with van der Waals surface area (Å²) in [7, 11) is 0. The molecule has 0 aromatic heterocycles. The van der Waals surface area contributed by atoms with Crippen molar-refractivity contribution in [1.29, 1.82) is 0 Å². The summed E-state index contributed by atoms with van der Waals surface area (Å²) in [4.78, 5) is 34.6. The Hall–Kier alpha value is -4.57. The van der Waals surface area contributed by atoms with Crippen LogP contribution in [0.25, 0.3) is 11.1 Å². The molecule has 0 atom stereocenters. The minimum Gasteiger partial charge on any atom is -0.478 e. The molecule has 3 N–H and O–H groups in total. The lowest BCUT2D eigenvalue weighted by atomic mass is 9.98. The van der Waals surface area contributed by atoms with Crippen LogP contribution in [0.15, 0.2) is 66.7 Å². The van der Waals surface area contributed by atoms with Gasteiger partial charge in [-0.25, -0.2) is 14.4 Å². The molecule has 0 bridgehead atoms. The first-order valence-electron chi connectivity index (χ1n) is 10.6. The van der Waals surface area contributed by atoms with E-state index in [-0.39, 0.29) is 42.2 Å². The monoisotopic (exact) mass is 455 g/mol. The van der Waals surface area contributed by atoms with Gasteiger partial charge in [0.05, 0.1) is 11.1 Å². The Bertz CT molecular complexity index is 1290. The van der Waals surface area contributed by atoms with Crippen molar-refractivity contribution in [2.24, 2.45) is 0 Å². The molecule has 0 spiro atoms. The van der Waals surface area contributed by atoms with Gasteiger partial charge in [0.2, 0.25) is 0 Å². The Morgan fingerprint density at radius 1 is 0.882 bits per heavy atom. The zero-order chi connectivity index (χ0) is 24.1. The van der Waals surface area contributed by atoms with Crippen molar-refractivity contribution in [1.82, 2.24) is 5.32 Å². The number of aromatic carboxylic acids is 2. The minimum absolute atomic E-state index is 0.0267. The second-order valence-electron chi connectivity index (χ2n) is 7.67. The summed E-state index contributed by atoms with van der Waals surface area (Å²) in [5, 5.41) is 20.9. The number of alkyl carbamates (subject to hydrolysis) is 1. The second-order valence-corrected chi connectivity index (χ2v) is 7.67. The van der Waals surface area contributed by atoms with Gasteiger partial charge in [-0.2, -0.15) is 0 Å². The van der Waals surface area contributed by atoms with Crippen LogP contribution in [-0.2, 0) is 4.74 Å². The van der Waals surface area contributed by atoms with Crippen molar-refractivity contribution in [3.8, 4) is 23.0 Å². The number of amides is 1. The van der Waals surface area contributed by atoms with E-state index in [9.17, 15) is 19.5 Å².